The molecule has 1 aromatic rings. The minimum atomic E-state index is -1.30. The lowest BCUT2D eigenvalue weighted by atomic mass is 10.0. The first-order valence-corrected chi connectivity index (χ1v) is 4.82. The van der Waals surface area contributed by atoms with Crippen molar-refractivity contribution in [3.63, 3.8) is 0 Å². The number of aliphatic hydroxyl groups is 1. The molecule has 1 aliphatic rings. The number of benzene rings is 1. The van der Waals surface area contributed by atoms with Gasteiger partial charge < -0.3 is 19.3 Å². The number of aliphatic hydroxyl groups excluding tert-OH is 1. The van der Waals surface area contributed by atoms with Crippen LogP contribution in [0.3, 0.4) is 0 Å². The van der Waals surface area contributed by atoms with Gasteiger partial charge in [-0.25, -0.2) is 4.79 Å². The van der Waals surface area contributed by atoms with Crippen molar-refractivity contribution >= 4 is 5.97 Å². The fraction of sp³-hybridized carbons (Fsp3) is 0.364. The molecule has 0 saturated carbocycles. The summed E-state index contributed by atoms with van der Waals surface area (Å²) in [7, 11) is 1.23. The third-order valence-electron chi connectivity index (χ3n) is 2.43. The maximum Gasteiger partial charge on any atom is 0.339 e. The van der Waals surface area contributed by atoms with E-state index in [0.29, 0.717) is 23.5 Å². The lowest BCUT2D eigenvalue weighted by molar-refractivity contribution is -0.150. The van der Waals surface area contributed by atoms with E-state index in [4.69, 9.17) is 9.47 Å². The van der Waals surface area contributed by atoms with Crippen molar-refractivity contribution in [1.82, 2.24) is 0 Å². The van der Waals surface area contributed by atoms with E-state index in [-0.39, 0.29) is 6.79 Å². The molecule has 5 nitrogen and oxygen atoms in total. The molecule has 0 aliphatic carbocycles. The van der Waals surface area contributed by atoms with Gasteiger partial charge in [-0.2, -0.15) is 0 Å². The number of hydrogen-bond acceptors (Lipinski definition) is 5. The van der Waals surface area contributed by atoms with Gasteiger partial charge in [0.1, 0.15) is 5.75 Å². The molecule has 0 saturated heterocycles. The Labute approximate surface area is 92.5 Å². The summed E-state index contributed by atoms with van der Waals surface area (Å²) in [5.41, 5.74) is 1.15. The van der Waals surface area contributed by atoms with Crippen molar-refractivity contribution in [3.8, 4) is 5.75 Å². The molecule has 16 heavy (non-hydrogen) atoms. The molecular weight excluding hydrogens is 212 g/mol. The number of carbonyl (C=O) groups excluding carboxylic acids is 1. The second-order valence-corrected chi connectivity index (χ2v) is 3.36. The van der Waals surface area contributed by atoms with E-state index < -0.39 is 12.1 Å². The van der Waals surface area contributed by atoms with Crippen LogP contribution in [0.25, 0.3) is 0 Å². The van der Waals surface area contributed by atoms with Gasteiger partial charge in [0.2, 0.25) is 0 Å². The minimum Gasteiger partial charge on any atom is -0.467 e. The summed E-state index contributed by atoms with van der Waals surface area (Å²) in [6, 6.07) is 5.13. The summed E-state index contributed by atoms with van der Waals surface area (Å²) >= 11 is 0. The average molecular weight is 224 g/mol. The van der Waals surface area contributed by atoms with Gasteiger partial charge in [-0.3, -0.25) is 0 Å². The Kier molecular flexibility index (Phi) is 3.07. The van der Waals surface area contributed by atoms with Gasteiger partial charge in [0, 0.05) is 11.1 Å². The second-order valence-electron chi connectivity index (χ2n) is 3.36. The summed E-state index contributed by atoms with van der Waals surface area (Å²) in [5, 5.41) is 9.76. The van der Waals surface area contributed by atoms with Gasteiger partial charge in [-0.15, -0.1) is 0 Å². The molecule has 1 unspecified atom stereocenters. The number of methoxy groups -OCH3 is 1. The highest BCUT2D eigenvalue weighted by molar-refractivity contribution is 5.77. The first-order valence-electron chi connectivity index (χ1n) is 4.82. The van der Waals surface area contributed by atoms with Crippen LogP contribution < -0.4 is 4.74 Å². The van der Waals surface area contributed by atoms with Crippen LogP contribution >= 0.6 is 0 Å². The van der Waals surface area contributed by atoms with Crippen LogP contribution in [0, 0.1) is 0 Å². The highest BCUT2D eigenvalue weighted by atomic mass is 16.7. The number of hydrogen-bond donors (Lipinski definition) is 1. The van der Waals surface area contributed by atoms with Gasteiger partial charge in [0.05, 0.1) is 13.7 Å². The number of carbonyl (C=O) groups is 1. The van der Waals surface area contributed by atoms with Crippen molar-refractivity contribution in [1.29, 1.82) is 0 Å². The maximum atomic E-state index is 11.2. The van der Waals surface area contributed by atoms with Crippen LogP contribution in [-0.2, 0) is 20.9 Å². The SMILES string of the molecule is COC(=O)C(O)c1cccc2c1COCO2. The number of rotatable bonds is 2. The molecule has 1 aliphatic heterocycles. The highest BCUT2D eigenvalue weighted by Gasteiger charge is 2.24. The van der Waals surface area contributed by atoms with Crippen molar-refractivity contribution in [3.05, 3.63) is 29.3 Å². The van der Waals surface area contributed by atoms with E-state index in [1.54, 1.807) is 18.2 Å². The van der Waals surface area contributed by atoms with Crippen LogP contribution in [0.2, 0.25) is 0 Å². The van der Waals surface area contributed by atoms with E-state index in [0.717, 1.165) is 0 Å². The van der Waals surface area contributed by atoms with E-state index in [1.807, 2.05) is 0 Å². The largest absolute Gasteiger partial charge is 0.467 e. The quantitative estimate of drug-likeness (QED) is 0.751. The summed E-state index contributed by atoms with van der Waals surface area (Å²) in [6.07, 6.45) is -1.30. The summed E-state index contributed by atoms with van der Waals surface area (Å²) in [4.78, 5) is 11.2. The van der Waals surface area contributed by atoms with Crippen molar-refractivity contribution < 1.29 is 24.1 Å². The Morgan fingerprint density at radius 2 is 2.38 bits per heavy atom. The monoisotopic (exact) mass is 224 g/mol. The number of ether oxygens (including phenoxy) is 3. The van der Waals surface area contributed by atoms with Crippen LogP contribution in [0.4, 0.5) is 0 Å². The van der Waals surface area contributed by atoms with E-state index in [2.05, 4.69) is 4.74 Å². The first-order chi connectivity index (χ1) is 7.74. The van der Waals surface area contributed by atoms with Crippen molar-refractivity contribution in [2.75, 3.05) is 13.9 Å². The normalized spacial score (nSPS) is 15.9. The summed E-state index contributed by atoms with van der Waals surface area (Å²) in [5.74, 6) is -0.0642. The van der Waals surface area contributed by atoms with Gasteiger partial charge >= 0.3 is 5.97 Å². The molecule has 1 N–H and O–H groups in total. The zero-order chi connectivity index (χ0) is 11.5. The topological polar surface area (TPSA) is 65.0 Å². The Morgan fingerprint density at radius 1 is 1.56 bits per heavy atom. The second kappa shape index (κ2) is 4.51. The Balaban J connectivity index is 2.37. The van der Waals surface area contributed by atoms with Gasteiger partial charge in [-0.1, -0.05) is 12.1 Å². The van der Waals surface area contributed by atoms with E-state index in [1.165, 1.54) is 7.11 Å². The van der Waals surface area contributed by atoms with Gasteiger partial charge in [0.25, 0.3) is 0 Å². The molecule has 0 fully saturated rings. The van der Waals surface area contributed by atoms with Crippen molar-refractivity contribution in [2.45, 2.75) is 12.7 Å². The molecule has 86 valence electrons. The van der Waals surface area contributed by atoms with Crippen LogP contribution in [-0.4, -0.2) is 25.0 Å². The maximum absolute atomic E-state index is 11.2. The summed E-state index contributed by atoms with van der Waals surface area (Å²) in [6.45, 7) is 0.504. The lowest BCUT2D eigenvalue weighted by Gasteiger charge is -2.21. The molecule has 0 aromatic heterocycles. The third-order valence-corrected chi connectivity index (χ3v) is 2.43. The Bertz CT molecular complexity index is 401. The minimum absolute atomic E-state index is 0.185. The molecule has 0 amide bonds. The predicted octanol–water partition coefficient (Wildman–Crippen LogP) is 0.759. The average Bonchev–Trinajstić information content (AvgIpc) is 2.36. The Hall–Kier alpha value is -1.59. The van der Waals surface area contributed by atoms with Crippen LogP contribution in [0.15, 0.2) is 18.2 Å². The summed E-state index contributed by atoms with van der Waals surface area (Å²) < 4.78 is 14.8. The van der Waals surface area contributed by atoms with E-state index >= 15 is 0 Å². The van der Waals surface area contributed by atoms with Crippen LogP contribution in [0.1, 0.15) is 17.2 Å². The molecule has 0 bridgehead atoms. The fourth-order valence-electron chi connectivity index (χ4n) is 1.62. The number of fused-ring (bicyclic) bond motifs is 1. The third kappa shape index (κ3) is 1.87. The van der Waals surface area contributed by atoms with Gasteiger partial charge in [0.15, 0.2) is 12.9 Å². The van der Waals surface area contributed by atoms with Crippen LogP contribution in [0.5, 0.6) is 5.75 Å². The van der Waals surface area contributed by atoms with Crippen molar-refractivity contribution in [2.24, 2.45) is 0 Å². The fourth-order valence-corrected chi connectivity index (χ4v) is 1.62. The van der Waals surface area contributed by atoms with E-state index in [9.17, 15) is 9.90 Å². The molecular formula is C11H12O5. The molecule has 0 radical (unpaired) electrons. The number of esters is 1. The Morgan fingerprint density at radius 3 is 3.12 bits per heavy atom. The molecule has 0 spiro atoms. The smallest absolute Gasteiger partial charge is 0.339 e. The first kappa shape index (κ1) is 10.9. The zero-order valence-electron chi connectivity index (χ0n) is 8.80. The van der Waals surface area contributed by atoms with Gasteiger partial charge in [-0.05, 0) is 6.07 Å². The molecule has 1 aromatic carbocycles. The standard InChI is InChI=1S/C11H12O5/c1-14-11(13)10(12)7-3-2-4-9-8(7)5-15-6-16-9/h2-4,10,12H,5-6H2,1H3. The molecule has 1 heterocycles. The zero-order valence-corrected chi connectivity index (χ0v) is 8.80. The molecule has 2 rings (SSSR count). The molecule has 1 atom stereocenters. The lowest BCUT2D eigenvalue weighted by Crippen LogP contribution is -2.19. The molecule has 5 heteroatoms. The predicted molar refractivity (Wildman–Crippen MR) is 53.7 cm³/mol. The highest BCUT2D eigenvalue weighted by Crippen LogP contribution is 2.30.